The maximum absolute atomic E-state index is 11.7. The van der Waals surface area contributed by atoms with Gasteiger partial charge >= 0.3 is 0 Å². The van der Waals surface area contributed by atoms with Gasteiger partial charge < -0.3 is 9.84 Å². The highest BCUT2D eigenvalue weighted by molar-refractivity contribution is 5.91. The van der Waals surface area contributed by atoms with Gasteiger partial charge in [0.1, 0.15) is 0 Å². The predicted molar refractivity (Wildman–Crippen MR) is 88.0 cm³/mol. The fourth-order valence-corrected chi connectivity index (χ4v) is 4.70. The lowest BCUT2D eigenvalue weighted by Gasteiger charge is -2.47. The molecule has 4 heteroatoms. The number of carbonyl (C=O) groups excluding carboxylic acids is 1. The molecule has 0 radical (unpaired) electrons. The molecule has 1 N–H and O–H groups in total. The number of rotatable bonds is 1. The van der Waals surface area contributed by atoms with Crippen molar-refractivity contribution in [3.05, 3.63) is 34.9 Å². The largest absolute Gasteiger partial charge is 0.504 e. The Labute approximate surface area is 136 Å². The minimum Gasteiger partial charge on any atom is -0.504 e. The van der Waals surface area contributed by atoms with Crippen LogP contribution in [-0.2, 0) is 16.6 Å². The van der Waals surface area contributed by atoms with E-state index < -0.39 is 0 Å². The van der Waals surface area contributed by atoms with Crippen LogP contribution in [0, 0.1) is 0 Å². The van der Waals surface area contributed by atoms with E-state index >= 15 is 0 Å². The first-order valence-corrected chi connectivity index (χ1v) is 8.41. The van der Waals surface area contributed by atoms with Gasteiger partial charge in [-0.05, 0) is 56.0 Å². The van der Waals surface area contributed by atoms with Gasteiger partial charge in [0.15, 0.2) is 17.3 Å². The lowest BCUT2D eigenvalue weighted by molar-refractivity contribution is -0.115. The minimum absolute atomic E-state index is 0.186. The van der Waals surface area contributed by atoms with Gasteiger partial charge in [0.05, 0.1) is 7.11 Å². The molecule has 2 atom stereocenters. The fourth-order valence-electron chi connectivity index (χ4n) is 4.70. The number of aromatic hydroxyl groups is 1. The summed E-state index contributed by atoms with van der Waals surface area (Å²) in [6.45, 7) is 1.03. The molecule has 0 saturated carbocycles. The normalized spacial score (nSPS) is 29.7. The third-order valence-electron chi connectivity index (χ3n) is 5.98. The zero-order chi connectivity index (χ0) is 16.2. The fraction of sp³-hybridized carbons (Fsp3) is 0.526. The number of hydrogen-bond acceptors (Lipinski definition) is 4. The van der Waals surface area contributed by atoms with Gasteiger partial charge in [-0.1, -0.05) is 6.08 Å². The predicted octanol–water partition coefficient (Wildman–Crippen LogP) is 2.88. The Balaban J connectivity index is 1.99. The molecule has 1 spiro atoms. The quantitative estimate of drug-likeness (QED) is 0.866. The number of carbonyl (C=O) groups is 1. The van der Waals surface area contributed by atoms with Gasteiger partial charge in [-0.15, -0.1) is 0 Å². The molecule has 0 aromatic heterocycles. The van der Waals surface area contributed by atoms with Crippen molar-refractivity contribution >= 4 is 5.78 Å². The summed E-state index contributed by atoms with van der Waals surface area (Å²) in [6.07, 6.45) is 8.11. The number of ketones is 1. The monoisotopic (exact) mass is 313 g/mol. The van der Waals surface area contributed by atoms with Crippen molar-refractivity contribution in [2.75, 3.05) is 20.7 Å². The molecular weight excluding hydrogens is 290 g/mol. The van der Waals surface area contributed by atoms with Gasteiger partial charge in [0.25, 0.3) is 0 Å². The molecule has 1 aromatic carbocycles. The molecule has 4 nitrogen and oxygen atoms in total. The Morgan fingerprint density at radius 3 is 2.87 bits per heavy atom. The lowest BCUT2D eigenvalue weighted by Crippen LogP contribution is -2.41. The van der Waals surface area contributed by atoms with E-state index in [1.807, 2.05) is 12.1 Å². The zero-order valence-electron chi connectivity index (χ0n) is 13.8. The Bertz CT molecular complexity index is 709. The van der Waals surface area contributed by atoms with E-state index in [1.165, 1.54) is 11.1 Å². The van der Waals surface area contributed by atoms with E-state index in [0.29, 0.717) is 18.2 Å². The molecule has 122 valence electrons. The molecule has 3 aliphatic rings. The number of hydrogen-bond donors (Lipinski definition) is 1. The highest BCUT2D eigenvalue weighted by Crippen LogP contribution is 2.56. The van der Waals surface area contributed by atoms with Crippen LogP contribution in [0.1, 0.15) is 48.4 Å². The van der Waals surface area contributed by atoms with Crippen molar-refractivity contribution in [1.82, 2.24) is 4.90 Å². The molecule has 0 fully saturated rings. The topological polar surface area (TPSA) is 49.8 Å². The van der Waals surface area contributed by atoms with E-state index in [9.17, 15) is 9.90 Å². The highest BCUT2D eigenvalue weighted by atomic mass is 16.5. The van der Waals surface area contributed by atoms with Crippen LogP contribution in [0.25, 0.3) is 0 Å². The maximum Gasteiger partial charge on any atom is 0.162 e. The van der Waals surface area contributed by atoms with Crippen molar-refractivity contribution < 1.29 is 14.6 Å². The van der Waals surface area contributed by atoms with Crippen molar-refractivity contribution in [1.29, 1.82) is 0 Å². The standard InChI is InChI=1S/C19H23NO3/c1-20-10-6-12-11-15(23-2)18(22)17-16(12)14(20)5-9-19(17)7-3-13(21)4-8-19/h3,7,11,14,22H,4-6,8-10H2,1-2H3. The highest BCUT2D eigenvalue weighted by Gasteiger charge is 2.45. The second-order valence-corrected chi connectivity index (χ2v) is 7.12. The molecule has 4 rings (SSSR count). The maximum atomic E-state index is 11.7. The Morgan fingerprint density at radius 1 is 1.35 bits per heavy atom. The van der Waals surface area contributed by atoms with Crippen molar-refractivity contribution in [2.24, 2.45) is 0 Å². The second-order valence-electron chi connectivity index (χ2n) is 7.12. The molecule has 1 aromatic rings. The molecule has 1 heterocycles. The minimum atomic E-state index is -0.217. The third kappa shape index (κ3) is 2.04. The van der Waals surface area contributed by atoms with Gasteiger partial charge in [0, 0.05) is 30.0 Å². The summed E-state index contributed by atoms with van der Waals surface area (Å²) in [4.78, 5) is 14.1. The van der Waals surface area contributed by atoms with Crippen molar-refractivity contribution in [3.8, 4) is 11.5 Å². The van der Waals surface area contributed by atoms with Crippen molar-refractivity contribution in [3.63, 3.8) is 0 Å². The van der Waals surface area contributed by atoms with E-state index in [-0.39, 0.29) is 16.9 Å². The van der Waals surface area contributed by atoms with E-state index in [0.717, 1.165) is 37.8 Å². The number of fused-ring (bicyclic) bond motifs is 1. The van der Waals surface area contributed by atoms with Crippen LogP contribution in [0.4, 0.5) is 0 Å². The average molecular weight is 313 g/mol. The molecule has 23 heavy (non-hydrogen) atoms. The van der Waals surface area contributed by atoms with Crippen LogP contribution in [0.5, 0.6) is 11.5 Å². The molecule has 1 aliphatic heterocycles. The first-order valence-electron chi connectivity index (χ1n) is 8.41. The van der Waals surface area contributed by atoms with E-state index in [1.54, 1.807) is 13.2 Å². The Morgan fingerprint density at radius 2 is 2.17 bits per heavy atom. The van der Waals surface area contributed by atoms with Crippen LogP contribution >= 0.6 is 0 Å². The second kappa shape index (κ2) is 5.10. The summed E-state index contributed by atoms with van der Waals surface area (Å²) in [5.74, 6) is 1.02. The summed E-state index contributed by atoms with van der Waals surface area (Å²) >= 11 is 0. The molecular formula is C19H23NO3. The number of nitrogens with zero attached hydrogens (tertiary/aromatic N) is 1. The van der Waals surface area contributed by atoms with Gasteiger partial charge in [-0.2, -0.15) is 0 Å². The summed E-state index contributed by atoms with van der Waals surface area (Å²) in [5.41, 5.74) is 3.37. The number of ether oxygens (including phenoxy) is 1. The number of methoxy groups -OCH3 is 1. The molecule has 0 amide bonds. The zero-order valence-corrected chi connectivity index (χ0v) is 13.8. The lowest BCUT2D eigenvalue weighted by atomic mass is 9.62. The number of benzene rings is 1. The SMILES string of the molecule is COc1cc2c3c(c1O)C1(C=CC(=O)CC1)CCC3N(C)CC2. The van der Waals surface area contributed by atoms with Crippen LogP contribution < -0.4 is 4.74 Å². The number of phenolic OH excluding ortho intramolecular Hbond substituents is 1. The van der Waals surface area contributed by atoms with Gasteiger partial charge in [-0.25, -0.2) is 0 Å². The van der Waals surface area contributed by atoms with Crippen molar-refractivity contribution in [2.45, 2.75) is 43.6 Å². The first kappa shape index (κ1) is 14.8. The molecule has 0 saturated heterocycles. The number of allylic oxidation sites excluding steroid dienone is 2. The van der Waals surface area contributed by atoms with Crippen LogP contribution in [0.2, 0.25) is 0 Å². The van der Waals surface area contributed by atoms with Gasteiger partial charge in [-0.3, -0.25) is 9.69 Å². The number of likely N-dealkylation sites (N-methyl/N-ethyl adjacent to an activating group) is 1. The van der Waals surface area contributed by atoms with E-state index in [4.69, 9.17) is 4.74 Å². The summed E-state index contributed by atoms with van der Waals surface area (Å²) in [7, 11) is 3.77. The third-order valence-corrected chi connectivity index (χ3v) is 5.98. The molecule has 2 unspecified atom stereocenters. The van der Waals surface area contributed by atoms with Crippen LogP contribution in [0.15, 0.2) is 18.2 Å². The average Bonchev–Trinajstić information content (AvgIpc) is 2.56. The van der Waals surface area contributed by atoms with E-state index in [2.05, 4.69) is 11.9 Å². The number of phenols is 1. The Hall–Kier alpha value is -1.81. The first-order chi connectivity index (χ1) is 11.1. The van der Waals surface area contributed by atoms with Gasteiger partial charge in [0.2, 0.25) is 0 Å². The molecule has 2 aliphatic carbocycles. The molecule has 0 bridgehead atoms. The van der Waals surface area contributed by atoms with Crippen LogP contribution in [-0.4, -0.2) is 36.5 Å². The summed E-state index contributed by atoms with van der Waals surface area (Å²) in [5, 5.41) is 10.9. The summed E-state index contributed by atoms with van der Waals surface area (Å²) in [6, 6.07) is 2.37. The Kier molecular flexibility index (Phi) is 3.27. The smallest absolute Gasteiger partial charge is 0.162 e. The summed E-state index contributed by atoms with van der Waals surface area (Å²) < 4.78 is 5.44. The van der Waals surface area contributed by atoms with Crippen LogP contribution in [0.3, 0.4) is 0 Å².